The Hall–Kier alpha value is -5.14. The van der Waals surface area contributed by atoms with E-state index in [0.29, 0.717) is 5.56 Å². The zero-order chi connectivity index (χ0) is 30.1. The van der Waals surface area contributed by atoms with Crippen molar-refractivity contribution in [2.75, 3.05) is 0 Å². The van der Waals surface area contributed by atoms with E-state index < -0.39 is 6.04 Å². The first-order valence-electron chi connectivity index (χ1n) is 15.4. The molecule has 0 atom stereocenters. The summed E-state index contributed by atoms with van der Waals surface area (Å²) in [5, 5.41) is 5.71. The molecule has 8 rings (SSSR count). The SMILES string of the molecule is [2H]c1c([2H])c([2H])c(-c2c3ccccc3c(-c3cccc(-c4ccc5oc6ccccc6c5c4)c3)c3ccccc23)c([2H])c1[2H]. The predicted octanol–water partition coefficient (Wildman–Crippen LogP) is 10.9. The molecule has 0 aliphatic carbocycles. The summed E-state index contributed by atoms with van der Waals surface area (Å²) in [4.78, 5) is 0. The molecule has 0 unspecified atom stereocenters. The lowest BCUT2D eigenvalue weighted by atomic mass is 9.85. The second-order valence-electron chi connectivity index (χ2n) is 9.73. The maximum atomic E-state index is 8.78. The van der Waals surface area contributed by atoms with Crippen LogP contribution >= 0.6 is 0 Å². The molecule has 0 bridgehead atoms. The third kappa shape index (κ3) is 3.48. The van der Waals surface area contributed by atoms with Gasteiger partial charge in [-0.25, -0.2) is 0 Å². The van der Waals surface area contributed by atoms with E-state index in [1.807, 2.05) is 72.8 Å². The number of furan rings is 1. The molecule has 0 spiro atoms. The fraction of sp³-hybridized carbons (Fsp3) is 0. The number of hydrogen-bond acceptors (Lipinski definition) is 1. The molecule has 1 heterocycles. The van der Waals surface area contributed by atoms with Crippen molar-refractivity contribution in [1.29, 1.82) is 0 Å². The van der Waals surface area contributed by atoms with Crippen molar-refractivity contribution >= 4 is 43.5 Å². The minimum absolute atomic E-state index is 0.205. The first-order chi connectivity index (χ1) is 21.4. The van der Waals surface area contributed by atoms with Crippen LogP contribution in [0.3, 0.4) is 0 Å². The van der Waals surface area contributed by atoms with E-state index in [0.717, 1.165) is 65.7 Å². The zero-order valence-corrected chi connectivity index (χ0v) is 20.9. The summed E-state index contributed by atoms with van der Waals surface area (Å²) >= 11 is 0. The van der Waals surface area contributed by atoms with Crippen molar-refractivity contribution in [2.45, 2.75) is 0 Å². The molecule has 0 N–H and O–H groups in total. The third-order valence-electron chi connectivity index (χ3n) is 7.54. The topological polar surface area (TPSA) is 13.1 Å². The molecule has 0 fully saturated rings. The van der Waals surface area contributed by atoms with Crippen molar-refractivity contribution in [3.05, 3.63) is 145 Å². The highest BCUT2D eigenvalue weighted by molar-refractivity contribution is 6.21. The minimum Gasteiger partial charge on any atom is -0.456 e. The summed E-state index contributed by atoms with van der Waals surface area (Å²) in [5.41, 5.74) is 6.78. The van der Waals surface area contributed by atoms with Gasteiger partial charge in [-0.1, -0.05) is 121 Å². The third-order valence-corrected chi connectivity index (χ3v) is 7.54. The van der Waals surface area contributed by atoms with Crippen LogP contribution in [-0.4, -0.2) is 0 Å². The van der Waals surface area contributed by atoms with Crippen LogP contribution < -0.4 is 0 Å². The zero-order valence-electron chi connectivity index (χ0n) is 25.9. The van der Waals surface area contributed by atoms with Crippen molar-refractivity contribution in [3.63, 3.8) is 0 Å². The molecule has 1 aromatic heterocycles. The number of fused-ring (bicyclic) bond motifs is 5. The molecule has 1 heteroatoms. The smallest absolute Gasteiger partial charge is 0.135 e. The Kier molecular flexibility index (Phi) is 3.89. The quantitative estimate of drug-likeness (QED) is 0.219. The van der Waals surface area contributed by atoms with Crippen molar-refractivity contribution in [3.8, 4) is 33.4 Å². The Morgan fingerprint density at radius 2 is 0.923 bits per heavy atom. The summed E-state index contributed by atoms with van der Waals surface area (Å²) in [6.45, 7) is 0. The Labute approximate surface area is 233 Å². The van der Waals surface area contributed by atoms with E-state index in [2.05, 4.69) is 42.5 Å². The van der Waals surface area contributed by atoms with Crippen LogP contribution in [0.5, 0.6) is 0 Å². The van der Waals surface area contributed by atoms with Gasteiger partial charge >= 0.3 is 0 Å². The van der Waals surface area contributed by atoms with Crippen LogP contribution in [0.15, 0.2) is 150 Å². The molecule has 0 saturated heterocycles. The van der Waals surface area contributed by atoms with Crippen LogP contribution in [0.2, 0.25) is 0 Å². The van der Waals surface area contributed by atoms with Gasteiger partial charge in [0.1, 0.15) is 11.2 Å². The normalized spacial score (nSPS) is 13.4. The standard InChI is InChI=1S/C38H24O/c1-2-11-25(12-3-1)37-30-16-4-6-18-32(30)38(33-19-7-5-17-31(33)37)28-14-10-13-26(23-28)27-21-22-36-34(24-27)29-15-8-9-20-35(29)39-36/h1-24H/i1D,2D,3D,11D,12D. The molecule has 0 aliphatic rings. The maximum absolute atomic E-state index is 8.78. The summed E-state index contributed by atoms with van der Waals surface area (Å²) in [5.74, 6) is 0. The average Bonchev–Trinajstić information content (AvgIpc) is 3.44. The van der Waals surface area contributed by atoms with Gasteiger partial charge in [-0.05, 0) is 79.2 Å². The number of benzene rings is 7. The summed E-state index contributed by atoms with van der Waals surface area (Å²) in [6, 6.07) is 37.2. The first kappa shape index (κ1) is 17.4. The lowest BCUT2D eigenvalue weighted by Gasteiger charge is -2.18. The first-order valence-corrected chi connectivity index (χ1v) is 12.9. The maximum Gasteiger partial charge on any atom is 0.135 e. The van der Waals surface area contributed by atoms with E-state index in [4.69, 9.17) is 11.3 Å². The highest BCUT2D eigenvalue weighted by atomic mass is 16.3. The molecule has 0 amide bonds. The van der Waals surface area contributed by atoms with Crippen LogP contribution in [0.4, 0.5) is 0 Å². The predicted molar refractivity (Wildman–Crippen MR) is 165 cm³/mol. The van der Waals surface area contributed by atoms with E-state index >= 15 is 0 Å². The Bertz CT molecular complexity index is 2370. The molecule has 182 valence electrons. The summed E-state index contributed by atoms with van der Waals surface area (Å²) in [7, 11) is 0. The van der Waals surface area contributed by atoms with Crippen molar-refractivity contribution in [1.82, 2.24) is 0 Å². The number of rotatable bonds is 3. The number of para-hydroxylation sites is 1. The highest BCUT2D eigenvalue weighted by Gasteiger charge is 2.17. The average molecular weight is 502 g/mol. The van der Waals surface area contributed by atoms with Gasteiger partial charge in [-0.2, -0.15) is 0 Å². The van der Waals surface area contributed by atoms with Gasteiger partial charge in [0.25, 0.3) is 0 Å². The highest BCUT2D eigenvalue weighted by Crippen LogP contribution is 2.44. The molecule has 7 aromatic carbocycles. The Morgan fingerprint density at radius 1 is 0.385 bits per heavy atom. The van der Waals surface area contributed by atoms with E-state index in [1.54, 1.807) is 0 Å². The molecule has 0 saturated carbocycles. The molecular formula is C38H24O. The Balaban J connectivity index is 1.40. The second kappa shape index (κ2) is 8.72. The van der Waals surface area contributed by atoms with Crippen LogP contribution in [0.25, 0.3) is 76.9 Å². The van der Waals surface area contributed by atoms with Crippen LogP contribution in [0.1, 0.15) is 6.85 Å². The minimum atomic E-state index is -0.396. The van der Waals surface area contributed by atoms with E-state index in [9.17, 15) is 0 Å². The Morgan fingerprint density at radius 3 is 1.62 bits per heavy atom. The van der Waals surface area contributed by atoms with Gasteiger partial charge in [0.2, 0.25) is 0 Å². The number of hydrogen-bond donors (Lipinski definition) is 0. The monoisotopic (exact) mass is 501 g/mol. The van der Waals surface area contributed by atoms with Gasteiger partial charge < -0.3 is 4.42 Å². The van der Waals surface area contributed by atoms with Crippen LogP contribution in [-0.2, 0) is 0 Å². The molecule has 1 nitrogen and oxygen atoms in total. The largest absolute Gasteiger partial charge is 0.456 e. The van der Waals surface area contributed by atoms with E-state index in [-0.39, 0.29) is 29.7 Å². The molecule has 0 radical (unpaired) electrons. The second-order valence-corrected chi connectivity index (χ2v) is 9.73. The van der Waals surface area contributed by atoms with Gasteiger partial charge in [0, 0.05) is 10.8 Å². The fourth-order valence-corrected chi connectivity index (χ4v) is 5.84. The lowest BCUT2D eigenvalue weighted by Crippen LogP contribution is -1.91. The van der Waals surface area contributed by atoms with Gasteiger partial charge in [-0.3, -0.25) is 0 Å². The van der Waals surface area contributed by atoms with Crippen molar-refractivity contribution < 1.29 is 11.3 Å². The van der Waals surface area contributed by atoms with Crippen LogP contribution in [0, 0.1) is 0 Å². The van der Waals surface area contributed by atoms with Crippen molar-refractivity contribution in [2.24, 2.45) is 0 Å². The van der Waals surface area contributed by atoms with E-state index in [1.165, 1.54) is 0 Å². The molecular weight excluding hydrogens is 472 g/mol. The molecule has 8 aromatic rings. The summed E-state index contributed by atoms with van der Waals surface area (Å²) < 4.78 is 48.5. The molecule has 39 heavy (non-hydrogen) atoms. The lowest BCUT2D eigenvalue weighted by molar-refractivity contribution is 0.669. The fourth-order valence-electron chi connectivity index (χ4n) is 5.84. The van der Waals surface area contributed by atoms with Gasteiger partial charge in [0.15, 0.2) is 0 Å². The summed E-state index contributed by atoms with van der Waals surface area (Å²) in [6.07, 6.45) is 0. The van der Waals surface area contributed by atoms with Gasteiger partial charge in [-0.15, -0.1) is 0 Å². The van der Waals surface area contributed by atoms with Gasteiger partial charge in [0.05, 0.1) is 6.85 Å². The molecule has 0 aliphatic heterocycles.